The molecule has 5 rings (SSSR count). The number of nitrogens with zero attached hydrogens (tertiary/aromatic N) is 7. The van der Waals surface area contributed by atoms with Gasteiger partial charge in [0.1, 0.15) is 12.1 Å². The molecule has 1 aliphatic rings. The second kappa shape index (κ2) is 9.90. The standard InChI is InChI=1S/C28H26N8O3/c1-17-15-34(28(39)35(17)21-7-5-6-19(12-21)26(37)30-3)25-18(2)23(10-11-31-25)24-9-8-22(13-20(24)14-29)36-27(38)33(4)16-32-36/h5-13,16-17H,15H2,1-4H3,(H,30,37)/t17-/m0/s1. The Hall–Kier alpha value is -5.24. The fourth-order valence-electron chi connectivity index (χ4n) is 4.86. The van der Waals surface area contributed by atoms with Crippen LogP contribution in [0.1, 0.15) is 28.4 Å². The minimum Gasteiger partial charge on any atom is -0.355 e. The molecule has 0 radical (unpaired) electrons. The quantitative estimate of drug-likeness (QED) is 0.429. The van der Waals surface area contributed by atoms with E-state index in [9.17, 15) is 19.6 Å². The first-order valence-corrected chi connectivity index (χ1v) is 12.3. The summed E-state index contributed by atoms with van der Waals surface area (Å²) in [6.07, 6.45) is 3.02. The van der Waals surface area contributed by atoms with Crippen LogP contribution >= 0.6 is 0 Å². The van der Waals surface area contributed by atoms with Crippen molar-refractivity contribution in [3.05, 3.63) is 88.2 Å². The number of aryl methyl sites for hydroxylation is 1. The number of rotatable bonds is 5. The minimum atomic E-state index is -0.318. The summed E-state index contributed by atoms with van der Waals surface area (Å²) in [5, 5.41) is 16.6. The molecule has 0 saturated carbocycles. The fourth-order valence-corrected chi connectivity index (χ4v) is 4.86. The van der Waals surface area contributed by atoms with Gasteiger partial charge in [-0.1, -0.05) is 12.1 Å². The molecule has 11 heteroatoms. The predicted octanol–water partition coefficient (Wildman–Crippen LogP) is 3.01. The second-order valence-corrected chi connectivity index (χ2v) is 9.33. The molecule has 1 aliphatic heterocycles. The Bertz CT molecular complexity index is 1710. The molecule has 0 unspecified atom stereocenters. The van der Waals surface area contributed by atoms with Crippen LogP contribution in [0, 0.1) is 18.3 Å². The van der Waals surface area contributed by atoms with Crippen molar-refractivity contribution in [2.45, 2.75) is 19.9 Å². The summed E-state index contributed by atoms with van der Waals surface area (Å²) in [5.74, 6) is 0.258. The molecule has 1 saturated heterocycles. The maximum absolute atomic E-state index is 13.6. The summed E-state index contributed by atoms with van der Waals surface area (Å²) in [6.45, 7) is 4.20. The molecule has 39 heavy (non-hydrogen) atoms. The molecule has 3 amide bonds. The van der Waals surface area contributed by atoms with Gasteiger partial charge in [-0.2, -0.15) is 15.0 Å². The molecule has 0 bridgehead atoms. The van der Waals surface area contributed by atoms with Crippen molar-refractivity contribution < 1.29 is 9.59 Å². The Morgan fingerprint density at radius 3 is 2.59 bits per heavy atom. The average Bonchev–Trinajstić information content (AvgIpc) is 3.44. The summed E-state index contributed by atoms with van der Waals surface area (Å²) in [4.78, 5) is 45.9. The Labute approximate surface area is 224 Å². The van der Waals surface area contributed by atoms with Gasteiger partial charge in [0.25, 0.3) is 5.91 Å². The maximum atomic E-state index is 13.6. The van der Waals surface area contributed by atoms with Crippen molar-refractivity contribution in [3.63, 3.8) is 0 Å². The summed E-state index contributed by atoms with van der Waals surface area (Å²) in [5.41, 5.74) is 3.74. The maximum Gasteiger partial charge on any atom is 0.350 e. The van der Waals surface area contributed by atoms with Crippen molar-refractivity contribution in [3.8, 4) is 22.9 Å². The normalized spacial score (nSPS) is 14.9. The van der Waals surface area contributed by atoms with Crippen LogP contribution in [-0.4, -0.2) is 50.9 Å². The van der Waals surface area contributed by atoms with E-state index < -0.39 is 0 Å². The molecule has 1 atom stereocenters. The molecule has 2 aromatic carbocycles. The molecule has 0 aliphatic carbocycles. The number of nitriles is 1. The van der Waals surface area contributed by atoms with Gasteiger partial charge in [-0.05, 0) is 61.4 Å². The Kier molecular flexibility index (Phi) is 6.45. The van der Waals surface area contributed by atoms with Crippen LogP contribution < -0.4 is 20.8 Å². The van der Waals surface area contributed by atoms with Crippen molar-refractivity contribution in [2.75, 3.05) is 23.4 Å². The zero-order chi connectivity index (χ0) is 27.8. The zero-order valence-electron chi connectivity index (χ0n) is 21.9. The van der Waals surface area contributed by atoms with E-state index in [1.807, 2.05) is 13.8 Å². The lowest BCUT2D eigenvalue weighted by molar-refractivity contribution is 0.0963. The predicted molar refractivity (Wildman–Crippen MR) is 146 cm³/mol. The van der Waals surface area contributed by atoms with Crippen LogP contribution in [0.2, 0.25) is 0 Å². The number of carbonyl (C=O) groups excluding carboxylic acids is 2. The van der Waals surface area contributed by atoms with Gasteiger partial charge < -0.3 is 5.32 Å². The Morgan fingerprint density at radius 1 is 1.10 bits per heavy atom. The van der Waals surface area contributed by atoms with E-state index in [1.54, 1.807) is 78.6 Å². The monoisotopic (exact) mass is 522 g/mol. The minimum absolute atomic E-state index is 0.173. The highest BCUT2D eigenvalue weighted by Gasteiger charge is 2.38. The number of pyridine rings is 1. The van der Waals surface area contributed by atoms with Gasteiger partial charge in [-0.3, -0.25) is 19.2 Å². The third kappa shape index (κ3) is 4.31. The SMILES string of the molecule is CNC(=O)c1cccc(N2C(=O)N(c3nccc(-c4ccc(-n5ncn(C)c5=O)cc4C#N)c3C)C[C@@H]2C)c1. The van der Waals surface area contributed by atoms with Crippen LogP contribution in [-0.2, 0) is 7.05 Å². The number of hydrogen-bond donors (Lipinski definition) is 1. The van der Waals surface area contributed by atoms with E-state index >= 15 is 0 Å². The number of amides is 3. The number of carbonyl (C=O) groups is 2. The molecule has 3 heterocycles. The first-order chi connectivity index (χ1) is 18.7. The van der Waals surface area contributed by atoms with Gasteiger partial charge in [0.05, 0.1) is 23.4 Å². The molecular formula is C28H26N8O3. The van der Waals surface area contributed by atoms with Gasteiger partial charge >= 0.3 is 11.7 Å². The van der Waals surface area contributed by atoms with E-state index in [0.29, 0.717) is 40.4 Å². The second-order valence-electron chi connectivity index (χ2n) is 9.33. The van der Waals surface area contributed by atoms with Gasteiger partial charge in [0, 0.05) is 43.7 Å². The van der Waals surface area contributed by atoms with E-state index in [4.69, 9.17) is 0 Å². The van der Waals surface area contributed by atoms with Crippen molar-refractivity contribution in [2.24, 2.45) is 7.05 Å². The van der Waals surface area contributed by atoms with Gasteiger partial charge in [0.2, 0.25) is 0 Å². The summed E-state index contributed by atoms with van der Waals surface area (Å²) in [7, 11) is 3.17. The molecule has 11 nitrogen and oxygen atoms in total. The van der Waals surface area contributed by atoms with E-state index in [1.165, 1.54) is 15.6 Å². The number of hydrogen-bond acceptors (Lipinski definition) is 6. The fraction of sp³-hybridized carbons (Fsp3) is 0.214. The number of nitrogens with one attached hydrogen (secondary N) is 1. The molecule has 2 aromatic heterocycles. The molecule has 1 fully saturated rings. The number of urea groups is 1. The van der Waals surface area contributed by atoms with Gasteiger partial charge in [-0.25, -0.2) is 14.6 Å². The molecule has 1 N–H and O–H groups in total. The number of aromatic nitrogens is 4. The number of anilines is 2. The van der Waals surface area contributed by atoms with Crippen molar-refractivity contribution in [1.82, 2.24) is 24.6 Å². The van der Waals surface area contributed by atoms with Crippen molar-refractivity contribution >= 4 is 23.4 Å². The van der Waals surface area contributed by atoms with Crippen LogP contribution in [0.15, 0.2) is 65.8 Å². The molecule has 4 aromatic rings. The lowest BCUT2D eigenvalue weighted by atomic mass is 9.96. The van der Waals surface area contributed by atoms with Gasteiger partial charge in [-0.15, -0.1) is 0 Å². The van der Waals surface area contributed by atoms with E-state index in [-0.39, 0.29) is 23.7 Å². The van der Waals surface area contributed by atoms with Crippen LogP contribution in [0.5, 0.6) is 0 Å². The van der Waals surface area contributed by atoms with E-state index in [0.717, 1.165) is 11.1 Å². The Morgan fingerprint density at radius 2 is 1.90 bits per heavy atom. The van der Waals surface area contributed by atoms with Gasteiger partial charge in [0.15, 0.2) is 0 Å². The third-order valence-corrected chi connectivity index (χ3v) is 6.85. The highest BCUT2D eigenvalue weighted by atomic mass is 16.2. The summed E-state index contributed by atoms with van der Waals surface area (Å²) >= 11 is 0. The Balaban J connectivity index is 1.51. The summed E-state index contributed by atoms with van der Waals surface area (Å²) < 4.78 is 2.58. The average molecular weight is 523 g/mol. The third-order valence-electron chi connectivity index (χ3n) is 6.85. The summed E-state index contributed by atoms with van der Waals surface area (Å²) in [6, 6.07) is 15.7. The highest BCUT2D eigenvalue weighted by Crippen LogP contribution is 2.35. The van der Waals surface area contributed by atoms with Crippen LogP contribution in [0.25, 0.3) is 16.8 Å². The largest absolute Gasteiger partial charge is 0.355 e. The molecule has 196 valence electrons. The highest BCUT2D eigenvalue weighted by molar-refractivity contribution is 6.07. The zero-order valence-corrected chi connectivity index (χ0v) is 21.9. The molecular weight excluding hydrogens is 496 g/mol. The lowest BCUT2D eigenvalue weighted by Crippen LogP contribution is -2.34. The first-order valence-electron chi connectivity index (χ1n) is 12.3. The van der Waals surface area contributed by atoms with Crippen LogP contribution in [0.4, 0.5) is 16.3 Å². The number of benzene rings is 2. The lowest BCUT2D eigenvalue weighted by Gasteiger charge is -2.22. The smallest absolute Gasteiger partial charge is 0.350 e. The van der Waals surface area contributed by atoms with Crippen molar-refractivity contribution in [1.29, 1.82) is 5.26 Å². The molecule has 0 spiro atoms. The first kappa shape index (κ1) is 25.4. The van der Waals surface area contributed by atoms with E-state index in [2.05, 4.69) is 21.5 Å². The topological polar surface area (TPSA) is 129 Å². The van der Waals surface area contributed by atoms with Crippen LogP contribution in [0.3, 0.4) is 0 Å².